The van der Waals surface area contributed by atoms with Gasteiger partial charge in [0.05, 0.1) is 0 Å². The Labute approximate surface area is 111 Å². The van der Waals surface area contributed by atoms with Crippen molar-refractivity contribution in [2.75, 3.05) is 26.2 Å². The summed E-state index contributed by atoms with van der Waals surface area (Å²) in [4.78, 5) is 2.49. The molecular formula is C16H25NO. The molecule has 18 heavy (non-hydrogen) atoms. The van der Waals surface area contributed by atoms with Crippen LogP contribution in [0.2, 0.25) is 0 Å². The largest absolute Gasteiger partial charge is 0.492 e. The fourth-order valence-electron chi connectivity index (χ4n) is 2.53. The minimum Gasteiger partial charge on any atom is -0.492 e. The molecule has 0 aromatic heterocycles. The first-order valence-corrected chi connectivity index (χ1v) is 7.25. The topological polar surface area (TPSA) is 12.5 Å². The molecular weight excluding hydrogens is 222 g/mol. The average Bonchev–Trinajstić information content (AvgIpc) is 2.92. The van der Waals surface area contributed by atoms with E-state index in [1.54, 1.807) is 0 Å². The SMILES string of the molecule is CCC(C)c1ccccc1OCCN1CCCC1. The summed E-state index contributed by atoms with van der Waals surface area (Å²) in [6.45, 7) is 8.86. The van der Waals surface area contributed by atoms with E-state index in [2.05, 4.69) is 43.0 Å². The first-order valence-electron chi connectivity index (χ1n) is 7.25. The van der Waals surface area contributed by atoms with E-state index in [0.29, 0.717) is 5.92 Å². The summed E-state index contributed by atoms with van der Waals surface area (Å²) in [5.41, 5.74) is 1.35. The van der Waals surface area contributed by atoms with Gasteiger partial charge in [-0.25, -0.2) is 0 Å². The lowest BCUT2D eigenvalue weighted by Gasteiger charge is -2.18. The second kappa shape index (κ2) is 6.79. The molecule has 0 saturated carbocycles. The van der Waals surface area contributed by atoms with Crippen LogP contribution in [0.25, 0.3) is 0 Å². The molecule has 0 radical (unpaired) electrons. The summed E-state index contributed by atoms with van der Waals surface area (Å²) in [5, 5.41) is 0. The molecule has 100 valence electrons. The fraction of sp³-hybridized carbons (Fsp3) is 0.625. The van der Waals surface area contributed by atoms with Crippen molar-refractivity contribution in [2.45, 2.75) is 39.0 Å². The lowest BCUT2D eigenvalue weighted by Crippen LogP contribution is -2.25. The monoisotopic (exact) mass is 247 g/mol. The summed E-state index contributed by atoms with van der Waals surface area (Å²) in [6, 6.07) is 8.47. The minimum absolute atomic E-state index is 0.577. The molecule has 2 nitrogen and oxygen atoms in total. The van der Waals surface area contributed by atoms with E-state index in [1.807, 2.05) is 0 Å². The number of para-hydroxylation sites is 1. The molecule has 0 amide bonds. The third-order valence-corrected chi connectivity index (χ3v) is 3.93. The van der Waals surface area contributed by atoms with Crippen LogP contribution in [0.15, 0.2) is 24.3 Å². The quantitative estimate of drug-likeness (QED) is 0.760. The van der Waals surface area contributed by atoms with E-state index in [0.717, 1.165) is 25.3 Å². The normalized spacial score (nSPS) is 17.9. The maximum Gasteiger partial charge on any atom is 0.122 e. The van der Waals surface area contributed by atoms with Crippen molar-refractivity contribution >= 4 is 0 Å². The molecule has 2 heteroatoms. The van der Waals surface area contributed by atoms with Gasteiger partial charge in [-0.05, 0) is 49.9 Å². The number of hydrogen-bond acceptors (Lipinski definition) is 2. The van der Waals surface area contributed by atoms with Crippen LogP contribution in [0.5, 0.6) is 5.75 Å². The minimum atomic E-state index is 0.577. The molecule has 0 spiro atoms. The first kappa shape index (κ1) is 13.4. The molecule has 0 bridgehead atoms. The highest BCUT2D eigenvalue weighted by Crippen LogP contribution is 2.28. The van der Waals surface area contributed by atoms with E-state index in [-0.39, 0.29) is 0 Å². The van der Waals surface area contributed by atoms with Gasteiger partial charge in [0.15, 0.2) is 0 Å². The van der Waals surface area contributed by atoms with E-state index >= 15 is 0 Å². The number of hydrogen-bond donors (Lipinski definition) is 0. The Hall–Kier alpha value is -1.02. The highest BCUT2D eigenvalue weighted by molar-refractivity contribution is 5.35. The molecule has 2 rings (SSSR count). The van der Waals surface area contributed by atoms with E-state index in [9.17, 15) is 0 Å². The van der Waals surface area contributed by atoms with Crippen molar-refractivity contribution < 1.29 is 4.74 Å². The summed E-state index contributed by atoms with van der Waals surface area (Å²) < 4.78 is 5.98. The van der Waals surface area contributed by atoms with Gasteiger partial charge in [0.2, 0.25) is 0 Å². The van der Waals surface area contributed by atoms with Gasteiger partial charge in [0, 0.05) is 6.54 Å². The summed E-state index contributed by atoms with van der Waals surface area (Å²) in [5.74, 6) is 1.65. The highest BCUT2D eigenvalue weighted by Gasteiger charge is 2.12. The van der Waals surface area contributed by atoms with Crippen molar-refractivity contribution in [2.24, 2.45) is 0 Å². The number of benzene rings is 1. The molecule has 1 atom stereocenters. The Morgan fingerprint density at radius 1 is 1.22 bits per heavy atom. The zero-order valence-electron chi connectivity index (χ0n) is 11.7. The maximum atomic E-state index is 5.98. The zero-order chi connectivity index (χ0) is 12.8. The van der Waals surface area contributed by atoms with Gasteiger partial charge in [-0.3, -0.25) is 4.90 Å². The van der Waals surface area contributed by atoms with Gasteiger partial charge in [-0.15, -0.1) is 0 Å². The molecule has 1 fully saturated rings. The van der Waals surface area contributed by atoms with Crippen LogP contribution >= 0.6 is 0 Å². The molecule has 0 N–H and O–H groups in total. The second-order valence-corrected chi connectivity index (χ2v) is 5.24. The van der Waals surface area contributed by atoms with Crippen molar-refractivity contribution in [3.05, 3.63) is 29.8 Å². The highest BCUT2D eigenvalue weighted by atomic mass is 16.5. The Morgan fingerprint density at radius 2 is 1.94 bits per heavy atom. The third-order valence-electron chi connectivity index (χ3n) is 3.93. The fourth-order valence-corrected chi connectivity index (χ4v) is 2.53. The molecule has 1 saturated heterocycles. The van der Waals surface area contributed by atoms with Crippen molar-refractivity contribution in [3.63, 3.8) is 0 Å². The molecule has 1 aliphatic heterocycles. The molecule has 1 unspecified atom stereocenters. The van der Waals surface area contributed by atoms with Crippen LogP contribution in [0.1, 0.15) is 44.6 Å². The Morgan fingerprint density at radius 3 is 2.67 bits per heavy atom. The smallest absolute Gasteiger partial charge is 0.122 e. The van der Waals surface area contributed by atoms with Crippen LogP contribution in [0.4, 0.5) is 0 Å². The maximum absolute atomic E-state index is 5.98. The summed E-state index contributed by atoms with van der Waals surface area (Å²) in [7, 11) is 0. The molecule has 1 heterocycles. The molecule has 1 aliphatic rings. The van der Waals surface area contributed by atoms with Crippen molar-refractivity contribution in [1.82, 2.24) is 4.90 Å². The lowest BCUT2D eigenvalue weighted by molar-refractivity contribution is 0.235. The van der Waals surface area contributed by atoms with Gasteiger partial charge in [0.25, 0.3) is 0 Å². The predicted molar refractivity (Wildman–Crippen MR) is 76.3 cm³/mol. The Balaban J connectivity index is 1.87. The van der Waals surface area contributed by atoms with Crippen LogP contribution < -0.4 is 4.74 Å². The number of nitrogens with zero attached hydrogens (tertiary/aromatic N) is 1. The van der Waals surface area contributed by atoms with Crippen molar-refractivity contribution in [3.8, 4) is 5.75 Å². The van der Waals surface area contributed by atoms with E-state index in [4.69, 9.17) is 4.74 Å². The molecule has 0 aliphatic carbocycles. The Bertz CT molecular complexity index is 358. The number of ether oxygens (including phenoxy) is 1. The average molecular weight is 247 g/mol. The number of rotatable bonds is 6. The summed E-state index contributed by atoms with van der Waals surface area (Å²) >= 11 is 0. The van der Waals surface area contributed by atoms with Crippen LogP contribution in [0.3, 0.4) is 0 Å². The third kappa shape index (κ3) is 3.49. The van der Waals surface area contributed by atoms with E-state index in [1.165, 1.54) is 31.5 Å². The van der Waals surface area contributed by atoms with Crippen LogP contribution in [0, 0.1) is 0 Å². The van der Waals surface area contributed by atoms with Crippen molar-refractivity contribution in [1.29, 1.82) is 0 Å². The van der Waals surface area contributed by atoms with Gasteiger partial charge < -0.3 is 4.74 Å². The summed E-state index contributed by atoms with van der Waals surface area (Å²) in [6.07, 6.45) is 3.86. The zero-order valence-corrected chi connectivity index (χ0v) is 11.7. The van der Waals surface area contributed by atoms with Gasteiger partial charge in [-0.2, -0.15) is 0 Å². The molecule has 1 aromatic rings. The second-order valence-electron chi connectivity index (χ2n) is 5.24. The van der Waals surface area contributed by atoms with Gasteiger partial charge in [-0.1, -0.05) is 32.0 Å². The number of likely N-dealkylation sites (tertiary alicyclic amines) is 1. The van der Waals surface area contributed by atoms with Crippen LogP contribution in [-0.2, 0) is 0 Å². The first-order chi connectivity index (χ1) is 8.81. The van der Waals surface area contributed by atoms with Gasteiger partial charge in [0.1, 0.15) is 12.4 Å². The molecule has 1 aromatic carbocycles. The lowest BCUT2D eigenvalue weighted by atomic mass is 9.98. The Kier molecular flexibility index (Phi) is 5.06. The van der Waals surface area contributed by atoms with E-state index < -0.39 is 0 Å². The predicted octanol–water partition coefficient (Wildman–Crippen LogP) is 3.67. The standard InChI is InChI=1S/C16H25NO/c1-3-14(2)15-8-4-5-9-16(15)18-13-12-17-10-6-7-11-17/h4-5,8-9,14H,3,6-7,10-13H2,1-2H3. The van der Waals surface area contributed by atoms with Crippen LogP contribution in [-0.4, -0.2) is 31.1 Å². The van der Waals surface area contributed by atoms with Gasteiger partial charge >= 0.3 is 0 Å².